The van der Waals surface area contributed by atoms with Crippen LogP contribution in [0.4, 0.5) is 0 Å². The van der Waals surface area contributed by atoms with Crippen LogP contribution in [0.1, 0.15) is 90.4 Å². The van der Waals surface area contributed by atoms with Gasteiger partial charge in [-0.05, 0) is 19.8 Å². The van der Waals surface area contributed by atoms with Crippen molar-refractivity contribution >= 4 is 5.97 Å². The first-order valence-corrected chi connectivity index (χ1v) is 10.9. The summed E-state index contributed by atoms with van der Waals surface area (Å²) in [4.78, 5) is 10.4. The van der Waals surface area contributed by atoms with Gasteiger partial charge in [0, 0.05) is 13.0 Å². The number of rotatable bonds is 16. The lowest BCUT2D eigenvalue weighted by atomic mass is 10.0. The quantitative estimate of drug-likeness (QED) is 0.292. The molecule has 7 nitrogen and oxygen atoms in total. The Hall–Kier alpha value is -0.730. The zero-order chi connectivity index (χ0) is 20.8. The number of carbonyl (C=O) groups is 1. The first-order valence-electron chi connectivity index (χ1n) is 10.9. The molecule has 0 spiro atoms. The molecule has 5 atom stereocenters. The average molecular weight is 405 g/mol. The Bertz CT molecular complexity index is 404. The molecule has 0 radical (unpaired) electrons. The number of hydrogen-bond donors (Lipinski definition) is 4. The molecule has 0 bridgehead atoms. The normalized spacial score (nSPS) is 26.3. The molecule has 4 N–H and O–H groups in total. The van der Waals surface area contributed by atoms with Gasteiger partial charge in [0.1, 0.15) is 6.10 Å². The van der Waals surface area contributed by atoms with Crippen molar-refractivity contribution < 1.29 is 34.7 Å². The number of hydrogen-bond acceptors (Lipinski definition) is 6. The lowest BCUT2D eigenvalue weighted by molar-refractivity contribution is -0.261. The average Bonchev–Trinajstić information content (AvgIpc) is 2.62. The summed E-state index contributed by atoms with van der Waals surface area (Å²) in [6.45, 7) is 2.36. The lowest BCUT2D eigenvalue weighted by Crippen LogP contribution is -2.47. The molecule has 0 unspecified atom stereocenters. The molecule has 0 aromatic rings. The Morgan fingerprint density at radius 1 is 0.964 bits per heavy atom. The zero-order valence-corrected chi connectivity index (χ0v) is 17.3. The van der Waals surface area contributed by atoms with E-state index in [2.05, 4.69) is 0 Å². The maximum Gasteiger partial charge on any atom is 0.305 e. The molecular formula is C21H40O7. The van der Waals surface area contributed by atoms with Gasteiger partial charge < -0.3 is 29.9 Å². The number of aliphatic hydroxyl groups is 3. The topological polar surface area (TPSA) is 116 Å². The molecule has 0 aromatic heterocycles. The summed E-state index contributed by atoms with van der Waals surface area (Å²) in [7, 11) is 0. The second kappa shape index (κ2) is 15.2. The Labute approximate surface area is 169 Å². The van der Waals surface area contributed by atoms with Gasteiger partial charge in [-0.25, -0.2) is 0 Å². The summed E-state index contributed by atoms with van der Waals surface area (Å²) in [6, 6.07) is 0. The fraction of sp³-hybridized carbons (Fsp3) is 0.952. The van der Waals surface area contributed by atoms with Gasteiger partial charge >= 0.3 is 5.97 Å². The highest BCUT2D eigenvalue weighted by atomic mass is 16.7. The summed E-state index contributed by atoms with van der Waals surface area (Å²) in [5.74, 6) is -0.937. The maximum atomic E-state index is 10.4. The number of unbranched alkanes of at least 4 members (excludes halogenated alkanes) is 9. The fourth-order valence-corrected chi connectivity index (χ4v) is 3.49. The van der Waals surface area contributed by atoms with E-state index >= 15 is 0 Å². The Morgan fingerprint density at radius 3 is 2.07 bits per heavy atom. The summed E-state index contributed by atoms with van der Waals surface area (Å²) >= 11 is 0. The molecular weight excluding hydrogens is 364 g/mol. The van der Waals surface area contributed by atoms with Crippen molar-refractivity contribution in [1.29, 1.82) is 0 Å². The molecule has 1 aliphatic rings. The van der Waals surface area contributed by atoms with Crippen LogP contribution in [0.15, 0.2) is 0 Å². The highest BCUT2D eigenvalue weighted by Gasteiger charge is 2.34. The molecule has 0 aromatic carbocycles. The third-order valence-corrected chi connectivity index (χ3v) is 5.31. The van der Waals surface area contributed by atoms with E-state index in [0.29, 0.717) is 19.4 Å². The minimum absolute atomic E-state index is 0.151. The van der Waals surface area contributed by atoms with Gasteiger partial charge in [-0.3, -0.25) is 4.79 Å². The molecule has 1 rings (SSSR count). The van der Waals surface area contributed by atoms with Crippen molar-refractivity contribution in [3.05, 3.63) is 0 Å². The van der Waals surface area contributed by atoms with Gasteiger partial charge in [-0.2, -0.15) is 0 Å². The van der Waals surface area contributed by atoms with E-state index in [4.69, 9.17) is 14.6 Å². The van der Waals surface area contributed by atoms with Crippen LogP contribution in [-0.4, -0.2) is 63.7 Å². The van der Waals surface area contributed by atoms with Crippen LogP contribution in [-0.2, 0) is 14.3 Å². The van der Waals surface area contributed by atoms with Crippen molar-refractivity contribution in [3.63, 3.8) is 0 Å². The highest BCUT2D eigenvalue weighted by molar-refractivity contribution is 5.67. The van der Waals surface area contributed by atoms with Gasteiger partial charge in [0.2, 0.25) is 0 Å². The Balaban J connectivity index is 1.83. The summed E-state index contributed by atoms with van der Waals surface area (Å²) in [5.41, 5.74) is 0. The van der Waals surface area contributed by atoms with Crippen LogP contribution in [0.2, 0.25) is 0 Å². The molecule has 0 saturated carbocycles. The van der Waals surface area contributed by atoms with Crippen LogP contribution < -0.4 is 0 Å². The van der Waals surface area contributed by atoms with Gasteiger partial charge in [0.15, 0.2) is 6.29 Å². The molecule has 1 saturated heterocycles. The predicted molar refractivity (Wildman–Crippen MR) is 106 cm³/mol. The summed E-state index contributed by atoms with van der Waals surface area (Å²) in [5, 5.41) is 37.5. The minimum atomic E-state index is -0.937. The Morgan fingerprint density at radius 2 is 1.50 bits per heavy atom. The molecule has 1 fully saturated rings. The first kappa shape index (κ1) is 25.3. The summed E-state index contributed by atoms with van der Waals surface area (Å²) in [6.07, 6.45) is 8.88. The molecule has 7 heteroatoms. The van der Waals surface area contributed by atoms with Crippen LogP contribution in [0.25, 0.3) is 0 Å². The number of aliphatic hydroxyl groups excluding tert-OH is 3. The van der Waals surface area contributed by atoms with Crippen molar-refractivity contribution in [3.8, 4) is 0 Å². The molecule has 1 heterocycles. The first-order chi connectivity index (χ1) is 13.4. The molecule has 1 aliphatic heterocycles. The third-order valence-electron chi connectivity index (χ3n) is 5.31. The monoisotopic (exact) mass is 404 g/mol. The second-order valence-corrected chi connectivity index (χ2v) is 8.03. The van der Waals surface area contributed by atoms with E-state index in [0.717, 1.165) is 32.1 Å². The zero-order valence-electron chi connectivity index (χ0n) is 17.3. The standard InChI is InChI=1S/C21H40O7/c1-16-18(23)15-19(24)21(28-16)27-13-11-9-7-5-3-2-4-6-8-10-12-17(22)14-20(25)26/h16-19,21-24H,2-15H2,1H3,(H,25,26)/t16-,17+,18+,19+,21+/m0/s1. The molecule has 0 aliphatic carbocycles. The minimum Gasteiger partial charge on any atom is -0.481 e. The van der Waals surface area contributed by atoms with Gasteiger partial charge in [-0.1, -0.05) is 57.8 Å². The van der Waals surface area contributed by atoms with Crippen LogP contribution in [0.3, 0.4) is 0 Å². The SMILES string of the molecule is C[C@@H]1O[C@@H](OCCCCCCCCCCCC[C@@H](O)CC(=O)O)[C@H](O)C[C@H]1O. The largest absolute Gasteiger partial charge is 0.481 e. The lowest BCUT2D eigenvalue weighted by Gasteiger charge is -2.35. The van der Waals surface area contributed by atoms with Crippen LogP contribution >= 0.6 is 0 Å². The number of carboxylic acid groups (broad SMARTS) is 1. The van der Waals surface area contributed by atoms with E-state index in [-0.39, 0.29) is 12.5 Å². The fourth-order valence-electron chi connectivity index (χ4n) is 3.49. The second-order valence-electron chi connectivity index (χ2n) is 8.03. The predicted octanol–water partition coefficient (Wildman–Crippen LogP) is 2.99. The van der Waals surface area contributed by atoms with Gasteiger partial charge in [-0.15, -0.1) is 0 Å². The van der Waals surface area contributed by atoms with E-state index in [1.54, 1.807) is 6.92 Å². The summed E-state index contributed by atoms with van der Waals surface area (Å²) < 4.78 is 11.1. The number of carboxylic acids is 1. The van der Waals surface area contributed by atoms with Gasteiger partial charge in [0.05, 0.1) is 24.7 Å². The molecule has 28 heavy (non-hydrogen) atoms. The van der Waals surface area contributed by atoms with Gasteiger partial charge in [0.25, 0.3) is 0 Å². The van der Waals surface area contributed by atoms with E-state index in [1.165, 1.54) is 32.1 Å². The van der Waals surface area contributed by atoms with E-state index in [9.17, 15) is 20.1 Å². The number of ether oxygens (including phenoxy) is 2. The van der Waals surface area contributed by atoms with E-state index in [1.807, 2.05) is 0 Å². The van der Waals surface area contributed by atoms with Crippen LogP contribution in [0, 0.1) is 0 Å². The van der Waals surface area contributed by atoms with Crippen LogP contribution in [0.5, 0.6) is 0 Å². The number of aliphatic carboxylic acids is 1. The van der Waals surface area contributed by atoms with E-state index < -0.39 is 30.6 Å². The van der Waals surface area contributed by atoms with Crippen molar-refractivity contribution in [2.75, 3.05) is 6.61 Å². The van der Waals surface area contributed by atoms with Crippen molar-refractivity contribution in [1.82, 2.24) is 0 Å². The maximum absolute atomic E-state index is 10.4. The Kier molecular flexibility index (Phi) is 13.7. The smallest absolute Gasteiger partial charge is 0.305 e. The van der Waals surface area contributed by atoms with Crippen molar-refractivity contribution in [2.24, 2.45) is 0 Å². The highest BCUT2D eigenvalue weighted by Crippen LogP contribution is 2.21. The van der Waals surface area contributed by atoms with Crippen molar-refractivity contribution in [2.45, 2.75) is 121 Å². The molecule has 166 valence electrons. The molecule has 0 amide bonds. The third kappa shape index (κ3) is 12.0.